The zero-order chi connectivity index (χ0) is 39.7. The topological polar surface area (TPSA) is 26.3 Å². The van der Waals surface area contributed by atoms with Crippen molar-refractivity contribution in [3.8, 4) is 0 Å². The normalized spacial score (nSPS) is 14.9. The Labute approximate surface area is 334 Å². The fraction of sp³-hybridized carbons (Fsp3) is 1.00. The molecule has 0 bridgehead atoms. The van der Waals surface area contributed by atoms with Crippen LogP contribution in [0.5, 0.6) is 0 Å². The molecule has 316 valence electrons. The molecule has 5 atom stereocenters. The largest absolute Gasteiger partial charge is 0.330 e. The van der Waals surface area contributed by atoms with Gasteiger partial charge in [0, 0.05) is 6.16 Å². The fourth-order valence-corrected chi connectivity index (χ4v) is 10.6. The summed E-state index contributed by atoms with van der Waals surface area (Å²) in [6, 6.07) is 0. The van der Waals surface area contributed by atoms with Crippen molar-refractivity contribution in [2.45, 2.75) is 268 Å². The third-order valence-electron chi connectivity index (χ3n) is 11.1. The molecule has 0 aromatic carbocycles. The second kappa shape index (κ2) is 34.8. The van der Waals surface area contributed by atoms with Crippen molar-refractivity contribution in [3.05, 3.63) is 0 Å². The zero-order valence-corrected chi connectivity index (χ0v) is 40.5. The van der Waals surface area contributed by atoms with Crippen LogP contribution in [0.1, 0.15) is 263 Å². The van der Waals surface area contributed by atoms with Gasteiger partial charge in [-0.15, -0.1) is 9.24 Å². The first-order valence-corrected chi connectivity index (χ1v) is 25.6. The lowest BCUT2D eigenvalue weighted by Gasteiger charge is -2.39. The van der Waals surface area contributed by atoms with E-state index in [4.69, 9.17) is 4.52 Å². The van der Waals surface area contributed by atoms with Crippen molar-refractivity contribution in [1.29, 1.82) is 0 Å². The minimum absolute atomic E-state index is 0.307. The predicted molar refractivity (Wildman–Crippen MR) is 245 cm³/mol. The lowest BCUT2D eigenvalue weighted by Crippen LogP contribution is -2.32. The molecule has 0 rings (SSSR count). The molecule has 0 amide bonds. The molecule has 2 nitrogen and oxygen atoms in total. The van der Waals surface area contributed by atoms with Crippen LogP contribution in [0, 0.1) is 28.6 Å². The van der Waals surface area contributed by atoms with Crippen LogP contribution >= 0.6 is 17.3 Å². The van der Waals surface area contributed by atoms with Gasteiger partial charge in [-0.05, 0) is 72.3 Å². The van der Waals surface area contributed by atoms with Gasteiger partial charge in [0.2, 0.25) is 0 Å². The van der Waals surface area contributed by atoms with Gasteiger partial charge >= 0.3 is 0 Å². The van der Waals surface area contributed by atoms with Crippen LogP contribution in [-0.2, 0) is 9.09 Å². The summed E-state index contributed by atoms with van der Waals surface area (Å²) >= 11 is 0. The van der Waals surface area contributed by atoms with E-state index >= 15 is 0 Å². The average Bonchev–Trinajstić information content (AvgIpc) is 3.04. The molecule has 0 saturated heterocycles. The van der Waals surface area contributed by atoms with Gasteiger partial charge < -0.3 is 4.52 Å². The van der Waals surface area contributed by atoms with Gasteiger partial charge in [-0.3, -0.25) is 4.57 Å². The van der Waals surface area contributed by atoms with Gasteiger partial charge in [-0.1, -0.05) is 224 Å². The van der Waals surface area contributed by atoms with E-state index < -0.39 is 8.03 Å². The number of rotatable bonds is 34. The van der Waals surface area contributed by atoms with E-state index in [0.29, 0.717) is 34.4 Å². The molecular formula is C48H102O2P2. The number of hydrogen-bond donors (Lipinski definition) is 0. The van der Waals surface area contributed by atoms with Crippen LogP contribution in [0.2, 0.25) is 0 Å². The van der Waals surface area contributed by atoms with Crippen molar-refractivity contribution in [2.75, 3.05) is 12.8 Å². The Morgan fingerprint density at radius 2 is 0.827 bits per heavy atom. The van der Waals surface area contributed by atoms with Crippen molar-refractivity contribution in [3.63, 3.8) is 0 Å². The highest BCUT2D eigenvalue weighted by atomic mass is 31.1. The quantitative estimate of drug-likeness (QED) is 0.0481. The van der Waals surface area contributed by atoms with Crippen LogP contribution < -0.4 is 0 Å². The summed E-state index contributed by atoms with van der Waals surface area (Å²) in [6.45, 7) is 27.7. The Balaban J connectivity index is 0. The van der Waals surface area contributed by atoms with E-state index in [9.17, 15) is 4.57 Å². The van der Waals surface area contributed by atoms with Crippen LogP contribution in [0.3, 0.4) is 0 Å². The van der Waals surface area contributed by atoms with E-state index in [1.165, 1.54) is 167 Å². The highest BCUT2D eigenvalue weighted by Gasteiger charge is 2.32. The third-order valence-corrected chi connectivity index (χ3v) is 13.7. The lowest BCUT2D eigenvalue weighted by atomic mass is 9.77. The Morgan fingerprint density at radius 1 is 0.500 bits per heavy atom. The first kappa shape index (κ1) is 54.7. The maximum Gasteiger partial charge on any atom is 0.191 e. The Morgan fingerprint density at radius 3 is 1.21 bits per heavy atom. The van der Waals surface area contributed by atoms with Gasteiger partial charge in [-0.25, -0.2) is 0 Å². The van der Waals surface area contributed by atoms with Gasteiger partial charge in [0.1, 0.15) is 0 Å². The van der Waals surface area contributed by atoms with E-state index in [-0.39, 0.29) is 0 Å². The zero-order valence-electron chi connectivity index (χ0n) is 38.3. The molecule has 0 heterocycles. The summed E-state index contributed by atoms with van der Waals surface area (Å²) in [6.07, 6.45) is 40.5. The van der Waals surface area contributed by atoms with E-state index in [1.54, 1.807) is 0 Å². The number of hydrogen-bond acceptors (Lipinski definition) is 2. The monoisotopic (exact) mass is 773 g/mol. The van der Waals surface area contributed by atoms with Crippen LogP contribution in [-0.4, -0.2) is 17.9 Å². The van der Waals surface area contributed by atoms with E-state index in [2.05, 4.69) is 92.3 Å². The standard InChI is InChI=1S/C32H67P.C16H35O2P/c1-5-9-13-17-18-19-20-21-22-24-28-31(27-23-14-10-6-2)32(33,29-25-15-11-7-3)30-26-16-12-8-4;1-13(9-15(3,4)5)11-18-19(17)12-14(2)10-16(6,7)8/h31H,5-30,33H2,1-4H3;13-14,19H,9-12H2,1-8H3. The highest BCUT2D eigenvalue weighted by molar-refractivity contribution is 7.39. The van der Waals surface area contributed by atoms with E-state index in [0.717, 1.165) is 24.9 Å². The maximum atomic E-state index is 12.0. The molecule has 0 saturated carbocycles. The second-order valence-electron chi connectivity index (χ2n) is 20.0. The number of unbranched alkanes of at least 4 members (excludes halogenated alkanes) is 18. The summed E-state index contributed by atoms with van der Waals surface area (Å²) in [7, 11) is 1.62. The van der Waals surface area contributed by atoms with E-state index in [1.807, 2.05) is 0 Å². The first-order valence-electron chi connectivity index (χ1n) is 23.5. The minimum Gasteiger partial charge on any atom is -0.330 e. The van der Waals surface area contributed by atoms with Gasteiger partial charge in [0.15, 0.2) is 8.03 Å². The smallest absolute Gasteiger partial charge is 0.191 e. The Kier molecular flexibility index (Phi) is 36.7. The summed E-state index contributed by atoms with van der Waals surface area (Å²) < 4.78 is 17.6. The van der Waals surface area contributed by atoms with Crippen molar-refractivity contribution >= 4 is 17.3 Å². The molecule has 4 heteroatoms. The summed E-state index contributed by atoms with van der Waals surface area (Å²) in [5, 5.41) is 0.521. The molecular weight excluding hydrogens is 670 g/mol. The molecule has 0 radical (unpaired) electrons. The molecule has 0 spiro atoms. The molecule has 0 N–H and O–H groups in total. The van der Waals surface area contributed by atoms with Gasteiger partial charge in [0.25, 0.3) is 0 Å². The van der Waals surface area contributed by atoms with Gasteiger partial charge in [0.05, 0.1) is 6.61 Å². The molecule has 52 heavy (non-hydrogen) atoms. The third kappa shape index (κ3) is 37.5. The summed E-state index contributed by atoms with van der Waals surface area (Å²) in [4.78, 5) is 0. The fourth-order valence-electron chi connectivity index (χ4n) is 8.51. The Bertz CT molecular complexity index is 755. The molecule has 5 unspecified atom stereocenters. The maximum absolute atomic E-state index is 12.0. The predicted octanol–water partition coefficient (Wildman–Crippen LogP) is 18.1. The van der Waals surface area contributed by atoms with Crippen molar-refractivity contribution in [1.82, 2.24) is 0 Å². The molecule has 0 aliphatic heterocycles. The highest BCUT2D eigenvalue weighted by Crippen LogP contribution is 2.44. The lowest BCUT2D eigenvalue weighted by molar-refractivity contribution is 0.213. The summed E-state index contributed by atoms with van der Waals surface area (Å²) in [5.74, 6) is 1.90. The van der Waals surface area contributed by atoms with Crippen LogP contribution in [0.15, 0.2) is 0 Å². The molecule has 0 aliphatic rings. The summed E-state index contributed by atoms with van der Waals surface area (Å²) in [5.41, 5.74) is 0.624. The molecule has 0 fully saturated rings. The first-order chi connectivity index (χ1) is 24.5. The molecule has 0 aromatic heterocycles. The molecule has 0 aromatic rings. The Hall–Kier alpha value is 0.620. The minimum atomic E-state index is -1.86. The van der Waals surface area contributed by atoms with Gasteiger partial charge in [-0.2, -0.15) is 0 Å². The van der Waals surface area contributed by atoms with Crippen molar-refractivity contribution in [2.24, 2.45) is 28.6 Å². The molecule has 0 aliphatic carbocycles. The SMILES string of the molecule is CC(CO[PH](=O)CC(C)CC(C)(C)C)CC(C)(C)C.CCCCCCCCCCCCC(CCCCCC)C(P)(CCCCCC)CCCCCC. The average molecular weight is 773 g/mol. The van der Waals surface area contributed by atoms with Crippen LogP contribution in [0.4, 0.5) is 0 Å². The van der Waals surface area contributed by atoms with Crippen LogP contribution in [0.25, 0.3) is 0 Å². The second-order valence-corrected chi connectivity index (χ2v) is 22.6. The van der Waals surface area contributed by atoms with Crippen molar-refractivity contribution < 1.29 is 9.09 Å².